The maximum Gasteiger partial charge on any atom is 0.0375 e. The molecule has 1 N–H and O–H groups in total. The molecule has 0 saturated heterocycles. The van der Waals surface area contributed by atoms with E-state index in [-0.39, 0.29) is 0 Å². The lowest BCUT2D eigenvalue weighted by molar-refractivity contribution is 0.829. The lowest BCUT2D eigenvalue weighted by Crippen LogP contribution is -2.11. The van der Waals surface area contributed by atoms with Gasteiger partial charge in [-0.1, -0.05) is 80.4 Å². The molecular weight excluding hydrogens is 254 g/mol. The van der Waals surface area contributed by atoms with Gasteiger partial charge in [0.15, 0.2) is 0 Å². The van der Waals surface area contributed by atoms with Crippen molar-refractivity contribution in [1.29, 1.82) is 0 Å². The minimum Gasteiger partial charge on any atom is -0.385 e. The molecule has 0 amide bonds. The third-order valence-corrected chi connectivity index (χ3v) is 2.20. The lowest BCUT2D eigenvalue weighted by atomic mass is 10.0. The number of aryl methyl sites for hydroxylation is 2. The van der Waals surface area contributed by atoms with Gasteiger partial charge in [0.1, 0.15) is 0 Å². The van der Waals surface area contributed by atoms with Crippen molar-refractivity contribution < 1.29 is 0 Å². The van der Waals surface area contributed by atoms with E-state index in [1.807, 2.05) is 27.7 Å². The van der Waals surface area contributed by atoms with Gasteiger partial charge in [0, 0.05) is 12.2 Å². The summed E-state index contributed by atoms with van der Waals surface area (Å²) in [7, 11) is 0. The van der Waals surface area contributed by atoms with Gasteiger partial charge in [0.25, 0.3) is 0 Å². The predicted octanol–water partition coefficient (Wildman–Crippen LogP) is 7.24. The standard InChI is InChI=1S/C10H13N.2C3H8.2C2H6/c1-8-4-5-9-3-2-6-11-10(9)7-8;2*1-3-2;2*1-2/h4-5,7,11H,2-3,6H2,1H3;2*3H2,1-2H3;2*1-2H3. The Balaban J connectivity index is -0.000000275. The maximum absolute atomic E-state index is 3.40. The number of benzene rings is 1. The molecule has 0 saturated carbocycles. The molecule has 1 aliphatic heterocycles. The molecule has 2 rings (SSSR count). The molecule has 1 aromatic rings. The zero-order valence-corrected chi connectivity index (χ0v) is 16.3. The molecule has 0 aliphatic carbocycles. The van der Waals surface area contributed by atoms with Gasteiger partial charge < -0.3 is 5.32 Å². The van der Waals surface area contributed by atoms with Gasteiger partial charge in [-0.05, 0) is 37.0 Å². The molecule has 0 spiro atoms. The number of hydrogen-bond donors (Lipinski definition) is 1. The topological polar surface area (TPSA) is 12.0 Å². The van der Waals surface area contributed by atoms with Crippen molar-refractivity contribution in [3.8, 4) is 0 Å². The van der Waals surface area contributed by atoms with Gasteiger partial charge in [0.05, 0.1) is 0 Å². The number of nitrogens with one attached hydrogen (secondary N) is 1. The van der Waals surface area contributed by atoms with Crippen molar-refractivity contribution in [2.75, 3.05) is 11.9 Å². The second-order valence-corrected chi connectivity index (χ2v) is 4.61. The Morgan fingerprint density at radius 2 is 1.38 bits per heavy atom. The van der Waals surface area contributed by atoms with Crippen molar-refractivity contribution in [2.24, 2.45) is 0 Å². The van der Waals surface area contributed by atoms with Crippen molar-refractivity contribution in [2.45, 2.75) is 88.0 Å². The van der Waals surface area contributed by atoms with Crippen molar-refractivity contribution in [1.82, 2.24) is 0 Å². The molecule has 0 aromatic heterocycles. The number of rotatable bonds is 0. The fraction of sp³-hybridized carbons (Fsp3) is 0.700. The van der Waals surface area contributed by atoms with E-state index in [4.69, 9.17) is 0 Å². The van der Waals surface area contributed by atoms with Crippen LogP contribution in [0.4, 0.5) is 5.69 Å². The van der Waals surface area contributed by atoms with Gasteiger partial charge in [0.2, 0.25) is 0 Å². The second-order valence-electron chi connectivity index (χ2n) is 4.61. The zero-order chi connectivity index (χ0) is 17.1. The van der Waals surface area contributed by atoms with Crippen LogP contribution in [0.25, 0.3) is 0 Å². The molecule has 126 valence electrons. The molecule has 0 unspecified atom stereocenters. The van der Waals surface area contributed by atoms with Gasteiger partial charge in [-0.15, -0.1) is 0 Å². The van der Waals surface area contributed by atoms with E-state index in [9.17, 15) is 0 Å². The number of fused-ring (bicyclic) bond motifs is 1. The summed E-state index contributed by atoms with van der Waals surface area (Å²) in [5.41, 5.74) is 4.16. The fourth-order valence-electron chi connectivity index (χ4n) is 1.57. The Bertz CT molecular complexity index is 290. The minimum absolute atomic E-state index is 1.14. The van der Waals surface area contributed by atoms with E-state index in [2.05, 4.69) is 58.1 Å². The highest BCUT2D eigenvalue weighted by atomic mass is 14.9. The van der Waals surface area contributed by atoms with Crippen molar-refractivity contribution >= 4 is 5.69 Å². The normalized spacial score (nSPS) is 10.3. The Kier molecular flexibility index (Phi) is 25.4. The van der Waals surface area contributed by atoms with Crippen LogP contribution in [0, 0.1) is 6.92 Å². The van der Waals surface area contributed by atoms with Gasteiger partial charge in [-0.25, -0.2) is 0 Å². The van der Waals surface area contributed by atoms with Crippen LogP contribution in [-0.2, 0) is 6.42 Å². The molecular formula is C20H41N. The van der Waals surface area contributed by atoms with E-state index < -0.39 is 0 Å². The average molecular weight is 296 g/mol. The number of anilines is 1. The summed E-state index contributed by atoms with van der Waals surface area (Å²) < 4.78 is 0. The summed E-state index contributed by atoms with van der Waals surface area (Å²) in [5.74, 6) is 0. The summed E-state index contributed by atoms with van der Waals surface area (Å²) in [6, 6.07) is 6.65. The lowest BCUT2D eigenvalue weighted by Gasteiger charge is -2.17. The Morgan fingerprint density at radius 1 is 0.905 bits per heavy atom. The van der Waals surface area contributed by atoms with E-state index in [1.165, 1.54) is 42.5 Å². The van der Waals surface area contributed by atoms with Gasteiger partial charge in [-0.3, -0.25) is 0 Å². The molecule has 21 heavy (non-hydrogen) atoms. The van der Waals surface area contributed by atoms with E-state index in [0.717, 1.165) is 6.54 Å². The molecule has 1 heterocycles. The van der Waals surface area contributed by atoms with Crippen LogP contribution in [0.15, 0.2) is 18.2 Å². The summed E-state index contributed by atoms with van der Waals surface area (Å²) in [4.78, 5) is 0. The first-order chi connectivity index (χ1) is 10.2. The van der Waals surface area contributed by atoms with Crippen LogP contribution in [0.2, 0.25) is 0 Å². The largest absolute Gasteiger partial charge is 0.385 e. The highest BCUT2D eigenvalue weighted by Crippen LogP contribution is 2.22. The molecule has 1 nitrogen and oxygen atoms in total. The van der Waals surface area contributed by atoms with Gasteiger partial charge >= 0.3 is 0 Å². The van der Waals surface area contributed by atoms with E-state index in [1.54, 1.807) is 0 Å². The quantitative estimate of drug-likeness (QED) is 0.532. The Labute approximate surface area is 135 Å². The second kappa shape index (κ2) is 21.3. The summed E-state index contributed by atoms with van der Waals surface area (Å²) in [6.07, 6.45) is 5.01. The first-order valence-electron chi connectivity index (χ1n) is 9.02. The molecule has 0 bridgehead atoms. The molecule has 1 heteroatoms. The molecule has 0 radical (unpaired) electrons. The fourth-order valence-corrected chi connectivity index (χ4v) is 1.57. The Hall–Kier alpha value is -0.980. The highest BCUT2D eigenvalue weighted by molar-refractivity contribution is 5.54. The van der Waals surface area contributed by atoms with Crippen molar-refractivity contribution in [3.63, 3.8) is 0 Å². The monoisotopic (exact) mass is 295 g/mol. The summed E-state index contributed by atoms with van der Waals surface area (Å²) in [6.45, 7) is 19.8. The van der Waals surface area contributed by atoms with Crippen LogP contribution >= 0.6 is 0 Å². The predicted molar refractivity (Wildman–Crippen MR) is 103 cm³/mol. The Morgan fingerprint density at radius 3 is 1.86 bits per heavy atom. The third-order valence-electron chi connectivity index (χ3n) is 2.20. The number of hydrogen-bond acceptors (Lipinski definition) is 1. The first kappa shape index (κ1) is 25.0. The smallest absolute Gasteiger partial charge is 0.0375 e. The third kappa shape index (κ3) is 15.2. The SMILES string of the molecule is CC.CC.CCC.CCC.Cc1ccc2c(c1)NCCC2. The first-order valence-corrected chi connectivity index (χ1v) is 9.02. The van der Waals surface area contributed by atoms with Crippen LogP contribution in [0.5, 0.6) is 0 Å². The zero-order valence-electron chi connectivity index (χ0n) is 16.3. The van der Waals surface area contributed by atoms with Gasteiger partial charge in [-0.2, -0.15) is 0 Å². The average Bonchev–Trinajstić information content (AvgIpc) is 2.53. The molecule has 1 aliphatic rings. The highest BCUT2D eigenvalue weighted by Gasteiger charge is 2.06. The maximum atomic E-state index is 3.40. The molecule has 0 atom stereocenters. The summed E-state index contributed by atoms with van der Waals surface area (Å²) in [5, 5.41) is 3.40. The van der Waals surface area contributed by atoms with E-state index in [0.29, 0.717) is 0 Å². The molecule has 1 aromatic carbocycles. The summed E-state index contributed by atoms with van der Waals surface area (Å²) >= 11 is 0. The van der Waals surface area contributed by atoms with Crippen LogP contribution < -0.4 is 5.32 Å². The minimum atomic E-state index is 1.14. The molecule has 0 fully saturated rings. The van der Waals surface area contributed by atoms with Crippen molar-refractivity contribution in [3.05, 3.63) is 29.3 Å². The van der Waals surface area contributed by atoms with Crippen LogP contribution in [0.3, 0.4) is 0 Å². The van der Waals surface area contributed by atoms with Crippen LogP contribution in [0.1, 0.15) is 85.8 Å². The van der Waals surface area contributed by atoms with Crippen LogP contribution in [-0.4, -0.2) is 6.54 Å². The van der Waals surface area contributed by atoms with E-state index >= 15 is 0 Å².